The second kappa shape index (κ2) is 6.76. The van der Waals surface area contributed by atoms with Gasteiger partial charge in [-0.25, -0.2) is 0 Å². The van der Waals surface area contributed by atoms with E-state index in [1.807, 2.05) is 12.1 Å². The molecular weight excluding hydrogens is 234 g/mol. The van der Waals surface area contributed by atoms with Gasteiger partial charge in [0.25, 0.3) is 0 Å². The van der Waals surface area contributed by atoms with Gasteiger partial charge in [-0.15, -0.1) is 0 Å². The maximum atomic E-state index is 5.47. The molecule has 0 aromatic heterocycles. The molecule has 1 saturated carbocycles. The third kappa shape index (κ3) is 3.84. The summed E-state index contributed by atoms with van der Waals surface area (Å²) in [6.45, 7) is 8.62. The largest absolute Gasteiger partial charge is 0.490 e. The highest BCUT2D eigenvalue weighted by molar-refractivity contribution is 5.27. The van der Waals surface area contributed by atoms with Gasteiger partial charge in [0.1, 0.15) is 12.4 Å². The summed E-state index contributed by atoms with van der Waals surface area (Å²) in [4.78, 5) is 0. The molecule has 0 aliphatic heterocycles. The predicted molar refractivity (Wildman–Crippen MR) is 80.4 cm³/mol. The fraction of sp³-hybridized carbons (Fsp3) is 0.529. The van der Waals surface area contributed by atoms with Crippen molar-refractivity contribution in [3.63, 3.8) is 0 Å². The van der Waals surface area contributed by atoms with Crippen molar-refractivity contribution in [1.29, 1.82) is 0 Å². The molecule has 1 aliphatic rings. The molecule has 0 heterocycles. The molecule has 1 fully saturated rings. The maximum absolute atomic E-state index is 5.47. The minimum absolute atomic E-state index is 0.566. The second-order valence-corrected chi connectivity index (χ2v) is 5.55. The Morgan fingerprint density at radius 2 is 2.05 bits per heavy atom. The zero-order valence-electron chi connectivity index (χ0n) is 12.0. The highest BCUT2D eigenvalue weighted by Crippen LogP contribution is 2.43. The Labute approximate surface area is 116 Å². The Balaban J connectivity index is 1.75. The van der Waals surface area contributed by atoms with Crippen LogP contribution in [0.15, 0.2) is 36.9 Å². The molecule has 0 radical (unpaired) electrons. The standard InChI is InChI=1S/C17H25NO/c1-3-12-19-16-8-6-15(7-9-16)13-18-14-17(4-2)10-5-11-17/h3,6-9,18H,1,4-5,10-14H2,2H3. The summed E-state index contributed by atoms with van der Waals surface area (Å²) in [7, 11) is 0. The first-order valence-corrected chi connectivity index (χ1v) is 7.31. The molecule has 0 amide bonds. The van der Waals surface area contributed by atoms with Crippen LogP contribution < -0.4 is 10.1 Å². The van der Waals surface area contributed by atoms with E-state index in [2.05, 4.69) is 31.0 Å². The molecule has 0 unspecified atom stereocenters. The quantitative estimate of drug-likeness (QED) is 0.714. The Kier molecular flexibility index (Phi) is 5.03. The molecule has 0 atom stereocenters. The smallest absolute Gasteiger partial charge is 0.119 e. The van der Waals surface area contributed by atoms with Gasteiger partial charge in [-0.1, -0.05) is 38.1 Å². The van der Waals surface area contributed by atoms with Crippen molar-refractivity contribution in [2.75, 3.05) is 13.2 Å². The molecule has 19 heavy (non-hydrogen) atoms. The molecule has 1 aromatic carbocycles. The topological polar surface area (TPSA) is 21.3 Å². The van der Waals surface area contributed by atoms with Crippen LogP contribution in [0.3, 0.4) is 0 Å². The minimum Gasteiger partial charge on any atom is -0.490 e. The van der Waals surface area contributed by atoms with E-state index >= 15 is 0 Å². The van der Waals surface area contributed by atoms with E-state index in [0.29, 0.717) is 12.0 Å². The van der Waals surface area contributed by atoms with Gasteiger partial charge >= 0.3 is 0 Å². The van der Waals surface area contributed by atoms with Crippen molar-refractivity contribution in [2.45, 2.75) is 39.2 Å². The Morgan fingerprint density at radius 1 is 1.32 bits per heavy atom. The number of hydrogen-bond donors (Lipinski definition) is 1. The summed E-state index contributed by atoms with van der Waals surface area (Å²) < 4.78 is 5.47. The van der Waals surface area contributed by atoms with Crippen molar-refractivity contribution in [3.8, 4) is 5.75 Å². The molecule has 1 N–H and O–H groups in total. The lowest BCUT2D eigenvalue weighted by Gasteiger charge is -2.41. The number of rotatable bonds is 8. The van der Waals surface area contributed by atoms with Crippen LogP contribution in [0, 0.1) is 5.41 Å². The van der Waals surface area contributed by atoms with Crippen molar-refractivity contribution in [2.24, 2.45) is 5.41 Å². The first kappa shape index (κ1) is 14.1. The lowest BCUT2D eigenvalue weighted by molar-refractivity contribution is 0.124. The van der Waals surface area contributed by atoms with Gasteiger partial charge < -0.3 is 10.1 Å². The van der Waals surface area contributed by atoms with Crippen molar-refractivity contribution < 1.29 is 4.74 Å². The Hall–Kier alpha value is -1.28. The first-order valence-electron chi connectivity index (χ1n) is 7.31. The van der Waals surface area contributed by atoms with Gasteiger partial charge in [-0.3, -0.25) is 0 Å². The highest BCUT2D eigenvalue weighted by Gasteiger charge is 2.34. The molecule has 104 valence electrons. The molecule has 2 nitrogen and oxygen atoms in total. The number of nitrogens with one attached hydrogen (secondary N) is 1. The fourth-order valence-electron chi connectivity index (χ4n) is 2.66. The molecule has 0 saturated heterocycles. The zero-order valence-corrected chi connectivity index (χ0v) is 12.0. The molecule has 2 rings (SSSR count). The van der Waals surface area contributed by atoms with Gasteiger partial charge in [0.15, 0.2) is 0 Å². The Morgan fingerprint density at radius 3 is 2.58 bits per heavy atom. The van der Waals surface area contributed by atoms with E-state index in [-0.39, 0.29) is 0 Å². The van der Waals surface area contributed by atoms with Crippen molar-refractivity contribution >= 4 is 0 Å². The van der Waals surface area contributed by atoms with Crippen LogP contribution in [0.1, 0.15) is 38.2 Å². The summed E-state index contributed by atoms with van der Waals surface area (Å²) in [5, 5.41) is 3.60. The van der Waals surface area contributed by atoms with Gasteiger partial charge in [-0.2, -0.15) is 0 Å². The summed E-state index contributed by atoms with van der Waals surface area (Å²) in [5.74, 6) is 0.910. The van der Waals surface area contributed by atoms with E-state index in [4.69, 9.17) is 4.74 Å². The maximum Gasteiger partial charge on any atom is 0.119 e. The molecule has 0 spiro atoms. The fourth-order valence-corrected chi connectivity index (χ4v) is 2.66. The molecular formula is C17H25NO. The summed E-state index contributed by atoms with van der Waals surface area (Å²) in [6, 6.07) is 8.31. The van der Waals surface area contributed by atoms with Gasteiger partial charge in [0.2, 0.25) is 0 Å². The van der Waals surface area contributed by atoms with Gasteiger partial charge in [0.05, 0.1) is 0 Å². The summed E-state index contributed by atoms with van der Waals surface area (Å²) >= 11 is 0. The van der Waals surface area contributed by atoms with Crippen LogP contribution in [0.5, 0.6) is 5.75 Å². The molecule has 0 bridgehead atoms. The number of benzene rings is 1. The van der Waals surface area contributed by atoms with Crippen LogP contribution in [0.2, 0.25) is 0 Å². The van der Waals surface area contributed by atoms with E-state index < -0.39 is 0 Å². The van der Waals surface area contributed by atoms with Crippen LogP contribution in [-0.4, -0.2) is 13.2 Å². The third-order valence-corrected chi connectivity index (χ3v) is 4.28. The minimum atomic E-state index is 0.566. The normalized spacial score (nSPS) is 16.7. The van der Waals surface area contributed by atoms with Crippen molar-refractivity contribution in [3.05, 3.63) is 42.5 Å². The Bertz CT molecular complexity index is 387. The predicted octanol–water partition coefficient (Wildman–Crippen LogP) is 3.92. The number of ether oxygens (including phenoxy) is 1. The van der Waals surface area contributed by atoms with E-state index in [9.17, 15) is 0 Å². The van der Waals surface area contributed by atoms with Crippen LogP contribution in [-0.2, 0) is 6.54 Å². The summed E-state index contributed by atoms with van der Waals surface area (Å²) in [6.07, 6.45) is 7.26. The summed E-state index contributed by atoms with van der Waals surface area (Å²) in [5.41, 5.74) is 1.91. The first-order chi connectivity index (χ1) is 9.28. The SMILES string of the molecule is C=CCOc1ccc(CNCC2(CC)CCC2)cc1. The third-order valence-electron chi connectivity index (χ3n) is 4.28. The lowest BCUT2D eigenvalue weighted by Crippen LogP contribution is -2.39. The van der Waals surface area contributed by atoms with Gasteiger partial charge in [-0.05, 0) is 42.4 Å². The van der Waals surface area contributed by atoms with Crippen LogP contribution in [0.25, 0.3) is 0 Å². The molecule has 1 aromatic rings. The molecule has 2 heteroatoms. The lowest BCUT2D eigenvalue weighted by atomic mass is 9.67. The van der Waals surface area contributed by atoms with E-state index in [0.717, 1.165) is 18.8 Å². The number of hydrogen-bond acceptors (Lipinski definition) is 2. The van der Waals surface area contributed by atoms with Crippen LogP contribution >= 0.6 is 0 Å². The van der Waals surface area contributed by atoms with Crippen molar-refractivity contribution in [1.82, 2.24) is 5.32 Å². The average molecular weight is 259 g/mol. The molecule has 1 aliphatic carbocycles. The van der Waals surface area contributed by atoms with E-state index in [1.54, 1.807) is 6.08 Å². The average Bonchev–Trinajstić information content (AvgIpc) is 2.41. The monoisotopic (exact) mass is 259 g/mol. The van der Waals surface area contributed by atoms with E-state index in [1.165, 1.54) is 31.2 Å². The second-order valence-electron chi connectivity index (χ2n) is 5.55. The zero-order chi connectivity index (χ0) is 13.6. The van der Waals surface area contributed by atoms with Gasteiger partial charge in [0, 0.05) is 13.1 Å². The highest BCUT2D eigenvalue weighted by atomic mass is 16.5. The van der Waals surface area contributed by atoms with Crippen LogP contribution in [0.4, 0.5) is 0 Å².